The Morgan fingerprint density at radius 1 is 1.31 bits per heavy atom. The first-order chi connectivity index (χ1) is 7.66. The highest BCUT2D eigenvalue weighted by molar-refractivity contribution is 9.10. The molecule has 1 heterocycles. The normalized spacial score (nSPS) is 22.6. The lowest BCUT2D eigenvalue weighted by Gasteiger charge is -2.35. The van der Waals surface area contributed by atoms with E-state index in [9.17, 15) is 0 Å². The summed E-state index contributed by atoms with van der Waals surface area (Å²) in [7, 11) is 0. The van der Waals surface area contributed by atoms with Gasteiger partial charge < -0.3 is 4.74 Å². The maximum absolute atomic E-state index is 5.83. The predicted molar refractivity (Wildman–Crippen MR) is 69.5 cm³/mol. The minimum absolute atomic E-state index is 0.226. The molecule has 1 fully saturated rings. The van der Waals surface area contributed by atoms with Gasteiger partial charge in [-0.1, -0.05) is 28.1 Å². The van der Waals surface area contributed by atoms with Crippen molar-refractivity contribution in [2.24, 2.45) is 0 Å². The van der Waals surface area contributed by atoms with Crippen LogP contribution >= 0.6 is 15.9 Å². The SMILES string of the molecule is CC(C)N1CCOC(c2ccc(Br)cc2)C1. The van der Waals surface area contributed by atoms with Crippen molar-refractivity contribution >= 4 is 15.9 Å². The van der Waals surface area contributed by atoms with Crippen molar-refractivity contribution in [1.29, 1.82) is 0 Å². The Morgan fingerprint density at radius 2 is 2.00 bits per heavy atom. The first-order valence-electron chi connectivity index (χ1n) is 5.78. The van der Waals surface area contributed by atoms with Crippen LogP contribution in [0.3, 0.4) is 0 Å². The van der Waals surface area contributed by atoms with Crippen molar-refractivity contribution in [2.75, 3.05) is 19.7 Å². The number of nitrogens with zero attached hydrogens (tertiary/aromatic N) is 1. The van der Waals surface area contributed by atoms with Crippen molar-refractivity contribution in [2.45, 2.75) is 26.0 Å². The lowest BCUT2D eigenvalue weighted by atomic mass is 10.1. The van der Waals surface area contributed by atoms with Crippen LogP contribution in [0.5, 0.6) is 0 Å². The fraction of sp³-hybridized carbons (Fsp3) is 0.538. The number of morpholine rings is 1. The third-order valence-corrected chi connectivity index (χ3v) is 3.60. The molecule has 1 unspecified atom stereocenters. The van der Waals surface area contributed by atoms with Gasteiger partial charge in [0.2, 0.25) is 0 Å². The summed E-state index contributed by atoms with van der Waals surface area (Å²) >= 11 is 3.45. The van der Waals surface area contributed by atoms with Crippen molar-refractivity contribution in [3.63, 3.8) is 0 Å². The monoisotopic (exact) mass is 283 g/mol. The molecule has 0 aromatic heterocycles. The summed E-state index contributed by atoms with van der Waals surface area (Å²) < 4.78 is 6.95. The van der Waals surface area contributed by atoms with Crippen LogP contribution in [0, 0.1) is 0 Å². The molecule has 1 aromatic rings. The van der Waals surface area contributed by atoms with Crippen molar-refractivity contribution < 1.29 is 4.74 Å². The smallest absolute Gasteiger partial charge is 0.0952 e. The first-order valence-corrected chi connectivity index (χ1v) is 6.57. The molecule has 1 aliphatic rings. The summed E-state index contributed by atoms with van der Waals surface area (Å²) in [5, 5.41) is 0. The van der Waals surface area contributed by atoms with E-state index in [4.69, 9.17) is 4.74 Å². The zero-order valence-corrected chi connectivity index (χ0v) is 11.4. The van der Waals surface area contributed by atoms with Gasteiger partial charge >= 0.3 is 0 Å². The zero-order chi connectivity index (χ0) is 11.5. The van der Waals surface area contributed by atoms with Crippen LogP contribution < -0.4 is 0 Å². The molecule has 0 spiro atoms. The maximum atomic E-state index is 5.83. The number of hydrogen-bond acceptors (Lipinski definition) is 2. The molecule has 0 bridgehead atoms. The highest BCUT2D eigenvalue weighted by Gasteiger charge is 2.23. The Bertz CT molecular complexity index is 336. The highest BCUT2D eigenvalue weighted by atomic mass is 79.9. The van der Waals surface area contributed by atoms with E-state index in [1.165, 1.54) is 5.56 Å². The molecule has 2 rings (SSSR count). The van der Waals surface area contributed by atoms with E-state index < -0.39 is 0 Å². The van der Waals surface area contributed by atoms with Crippen LogP contribution in [-0.4, -0.2) is 30.6 Å². The molecule has 1 aromatic carbocycles. The fourth-order valence-corrected chi connectivity index (χ4v) is 2.28. The molecule has 2 nitrogen and oxygen atoms in total. The van der Waals surface area contributed by atoms with Gasteiger partial charge in [0.25, 0.3) is 0 Å². The van der Waals surface area contributed by atoms with Gasteiger partial charge in [-0.3, -0.25) is 4.90 Å². The summed E-state index contributed by atoms with van der Waals surface area (Å²) in [5.74, 6) is 0. The number of halogens is 1. The van der Waals surface area contributed by atoms with E-state index in [1.54, 1.807) is 0 Å². The van der Waals surface area contributed by atoms with Crippen LogP contribution in [0.25, 0.3) is 0 Å². The van der Waals surface area contributed by atoms with Crippen LogP contribution in [0.2, 0.25) is 0 Å². The largest absolute Gasteiger partial charge is 0.371 e. The Labute approximate surface area is 106 Å². The summed E-state index contributed by atoms with van der Waals surface area (Å²) in [5.41, 5.74) is 1.27. The van der Waals surface area contributed by atoms with E-state index >= 15 is 0 Å². The summed E-state index contributed by atoms with van der Waals surface area (Å²) in [6.07, 6.45) is 0.226. The number of ether oxygens (including phenoxy) is 1. The summed E-state index contributed by atoms with van der Waals surface area (Å²) in [4.78, 5) is 2.47. The van der Waals surface area contributed by atoms with E-state index in [-0.39, 0.29) is 6.10 Å². The van der Waals surface area contributed by atoms with Gasteiger partial charge in [0.05, 0.1) is 12.7 Å². The molecule has 0 amide bonds. The molecular weight excluding hydrogens is 266 g/mol. The molecule has 0 aliphatic carbocycles. The topological polar surface area (TPSA) is 12.5 Å². The second kappa shape index (κ2) is 5.30. The molecule has 16 heavy (non-hydrogen) atoms. The molecule has 1 atom stereocenters. The quantitative estimate of drug-likeness (QED) is 0.826. The predicted octanol–water partition coefficient (Wildman–Crippen LogP) is 3.23. The van der Waals surface area contributed by atoms with Crippen LogP contribution in [-0.2, 0) is 4.74 Å². The maximum Gasteiger partial charge on any atom is 0.0952 e. The molecule has 88 valence electrons. The second-order valence-electron chi connectivity index (χ2n) is 4.50. The average molecular weight is 284 g/mol. The van der Waals surface area contributed by atoms with Crippen molar-refractivity contribution in [3.05, 3.63) is 34.3 Å². The van der Waals surface area contributed by atoms with E-state index in [0.29, 0.717) is 6.04 Å². The van der Waals surface area contributed by atoms with Gasteiger partial charge in [0.1, 0.15) is 0 Å². The van der Waals surface area contributed by atoms with Crippen LogP contribution in [0.15, 0.2) is 28.7 Å². The minimum Gasteiger partial charge on any atom is -0.371 e. The van der Waals surface area contributed by atoms with Gasteiger partial charge in [-0.15, -0.1) is 0 Å². The Balaban J connectivity index is 2.06. The fourth-order valence-electron chi connectivity index (χ4n) is 2.02. The highest BCUT2D eigenvalue weighted by Crippen LogP contribution is 2.24. The molecular formula is C13H18BrNO. The summed E-state index contributed by atoms with van der Waals surface area (Å²) in [6, 6.07) is 9.03. The van der Waals surface area contributed by atoms with E-state index in [0.717, 1.165) is 24.2 Å². The molecule has 1 aliphatic heterocycles. The number of hydrogen-bond donors (Lipinski definition) is 0. The number of rotatable bonds is 2. The van der Waals surface area contributed by atoms with Gasteiger partial charge in [-0.2, -0.15) is 0 Å². The molecule has 0 saturated carbocycles. The molecule has 0 radical (unpaired) electrons. The van der Waals surface area contributed by atoms with Gasteiger partial charge in [-0.25, -0.2) is 0 Å². The first kappa shape index (κ1) is 12.1. The van der Waals surface area contributed by atoms with Gasteiger partial charge in [0, 0.05) is 23.6 Å². The minimum atomic E-state index is 0.226. The van der Waals surface area contributed by atoms with Crippen molar-refractivity contribution in [3.8, 4) is 0 Å². The van der Waals surface area contributed by atoms with Gasteiger partial charge in [-0.05, 0) is 31.5 Å². The third-order valence-electron chi connectivity index (χ3n) is 3.07. The second-order valence-corrected chi connectivity index (χ2v) is 5.42. The van der Waals surface area contributed by atoms with Crippen molar-refractivity contribution in [1.82, 2.24) is 4.90 Å². The zero-order valence-electron chi connectivity index (χ0n) is 9.82. The van der Waals surface area contributed by atoms with Gasteiger partial charge in [0.15, 0.2) is 0 Å². The lowest BCUT2D eigenvalue weighted by molar-refractivity contribution is -0.0402. The Morgan fingerprint density at radius 3 is 2.62 bits per heavy atom. The molecule has 1 saturated heterocycles. The molecule has 3 heteroatoms. The Hall–Kier alpha value is -0.380. The van der Waals surface area contributed by atoms with Crippen LogP contribution in [0.4, 0.5) is 0 Å². The Kier molecular flexibility index (Phi) is 4.00. The van der Waals surface area contributed by atoms with E-state index in [1.807, 2.05) is 0 Å². The summed E-state index contributed by atoms with van der Waals surface area (Å²) in [6.45, 7) is 7.36. The average Bonchev–Trinajstić information content (AvgIpc) is 2.30. The standard InChI is InChI=1S/C13H18BrNO/c1-10(2)15-7-8-16-13(9-15)11-3-5-12(14)6-4-11/h3-6,10,13H,7-9H2,1-2H3. The molecule has 0 N–H and O–H groups in total. The lowest BCUT2D eigenvalue weighted by Crippen LogP contribution is -2.42. The number of benzene rings is 1. The third kappa shape index (κ3) is 2.84. The van der Waals surface area contributed by atoms with E-state index in [2.05, 4.69) is 58.9 Å². The van der Waals surface area contributed by atoms with Crippen LogP contribution in [0.1, 0.15) is 25.5 Å².